The average molecular weight is 297 g/mol. The van der Waals surface area contributed by atoms with Gasteiger partial charge in [0.2, 0.25) is 0 Å². The summed E-state index contributed by atoms with van der Waals surface area (Å²) in [6, 6.07) is 11.0. The average Bonchev–Trinajstić information content (AvgIpc) is 2.30. The summed E-state index contributed by atoms with van der Waals surface area (Å²) in [7, 11) is 0. The van der Waals surface area contributed by atoms with Crippen molar-refractivity contribution in [2.24, 2.45) is 0 Å². The first-order valence-corrected chi connectivity index (χ1v) is 5.80. The van der Waals surface area contributed by atoms with Gasteiger partial charge in [0.25, 0.3) is 0 Å². The van der Waals surface area contributed by atoms with Gasteiger partial charge in [-0.2, -0.15) is 0 Å². The fourth-order valence-electron chi connectivity index (χ4n) is 1.35. The first-order chi connectivity index (χ1) is 8.15. The Hall–Kier alpha value is -1.55. The molecule has 0 aliphatic heterocycles. The van der Waals surface area contributed by atoms with E-state index in [0.717, 1.165) is 5.56 Å². The molecule has 1 N–H and O–H groups in total. The second-order valence-electron chi connectivity index (χ2n) is 3.53. The lowest BCUT2D eigenvalue weighted by atomic mass is 10.2. The minimum absolute atomic E-state index is 0.219. The Morgan fingerprint density at radius 2 is 1.82 bits per heavy atom. The summed E-state index contributed by atoms with van der Waals surface area (Å²) >= 11 is 3.23. The Balaban J connectivity index is 2.04. The molecule has 0 aromatic heterocycles. The first kappa shape index (κ1) is 11.9. The van der Waals surface area contributed by atoms with Crippen LogP contribution in [0.25, 0.3) is 0 Å². The highest BCUT2D eigenvalue weighted by Crippen LogP contribution is 2.26. The molecule has 0 bridgehead atoms. The molecular formula is C13H10BrFO2. The van der Waals surface area contributed by atoms with Gasteiger partial charge in [0.1, 0.15) is 23.9 Å². The maximum absolute atomic E-state index is 12.8. The predicted molar refractivity (Wildman–Crippen MR) is 66.5 cm³/mol. The van der Waals surface area contributed by atoms with Crippen LogP contribution >= 0.6 is 15.9 Å². The SMILES string of the molecule is Oc1ccc(COc2ccc(F)cc2Br)cc1. The van der Waals surface area contributed by atoms with Gasteiger partial charge in [-0.25, -0.2) is 4.39 Å². The molecule has 0 saturated heterocycles. The molecule has 0 saturated carbocycles. The van der Waals surface area contributed by atoms with Crippen LogP contribution in [0, 0.1) is 5.82 Å². The molecule has 0 aliphatic rings. The van der Waals surface area contributed by atoms with E-state index in [1.807, 2.05) is 0 Å². The van der Waals surface area contributed by atoms with Crippen molar-refractivity contribution < 1.29 is 14.2 Å². The van der Waals surface area contributed by atoms with Crippen LogP contribution in [0.2, 0.25) is 0 Å². The standard InChI is InChI=1S/C13H10BrFO2/c14-12-7-10(15)3-6-13(12)17-8-9-1-4-11(16)5-2-9/h1-7,16H,8H2. The van der Waals surface area contributed by atoms with E-state index in [2.05, 4.69) is 15.9 Å². The van der Waals surface area contributed by atoms with Gasteiger partial charge < -0.3 is 9.84 Å². The van der Waals surface area contributed by atoms with Gasteiger partial charge in [-0.3, -0.25) is 0 Å². The zero-order valence-corrected chi connectivity index (χ0v) is 10.4. The van der Waals surface area contributed by atoms with Crippen molar-refractivity contribution in [1.29, 1.82) is 0 Å². The van der Waals surface area contributed by atoms with E-state index in [1.165, 1.54) is 12.1 Å². The molecule has 88 valence electrons. The Morgan fingerprint density at radius 1 is 1.12 bits per heavy atom. The number of halogens is 2. The molecule has 17 heavy (non-hydrogen) atoms. The molecule has 0 atom stereocenters. The summed E-state index contributed by atoms with van der Waals surface area (Å²) in [6.45, 7) is 0.366. The van der Waals surface area contributed by atoms with Crippen LogP contribution in [0.5, 0.6) is 11.5 Å². The monoisotopic (exact) mass is 296 g/mol. The zero-order valence-electron chi connectivity index (χ0n) is 8.86. The summed E-state index contributed by atoms with van der Waals surface area (Å²) in [5.74, 6) is 0.491. The molecule has 4 heteroatoms. The van der Waals surface area contributed by atoms with Crippen molar-refractivity contribution in [3.05, 3.63) is 58.3 Å². The molecule has 0 spiro atoms. The molecule has 0 fully saturated rings. The fraction of sp³-hybridized carbons (Fsp3) is 0.0769. The Labute approximate surface area is 107 Å². The molecule has 2 rings (SSSR count). The Morgan fingerprint density at radius 3 is 2.47 bits per heavy atom. The van der Waals surface area contributed by atoms with Gasteiger partial charge in [-0.15, -0.1) is 0 Å². The number of hydrogen-bond donors (Lipinski definition) is 1. The van der Waals surface area contributed by atoms with E-state index >= 15 is 0 Å². The van der Waals surface area contributed by atoms with Gasteiger partial charge in [0.15, 0.2) is 0 Å². The lowest BCUT2D eigenvalue weighted by Gasteiger charge is -2.08. The Bertz CT molecular complexity index is 511. The number of phenolic OH excluding ortho intramolecular Hbond substituents is 1. The van der Waals surface area contributed by atoms with Gasteiger partial charge in [0, 0.05) is 0 Å². The lowest BCUT2D eigenvalue weighted by molar-refractivity contribution is 0.303. The molecule has 2 aromatic carbocycles. The summed E-state index contributed by atoms with van der Waals surface area (Å²) in [5, 5.41) is 9.13. The van der Waals surface area contributed by atoms with Crippen molar-refractivity contribution in [2.45, 2.75) is 6.61 Å². The number of ether oxygens (including phenoxy) is 1. The fourth-order valence-corrected chi connectivity index (χ4v) is 1.81. The lowest BCUT2D eigenvalue weighted by Crippen LogP contribution is -1.95. The minimum Gasteiger partial charge on any atom is -0.508 e. The summed E-state index contributed by atoms with van der Waals surface area (Å²) in [5.41, 5.74) is 0.930. The molecule has 0 unspecified atom stereocenters. The van der Waals surface area contributed by atoms with E-state index < -0.39 is 0 Å². The van der Waals surface area contributed by atoms with E-state index in [9.17, 15) is 4.39 Å². The van der Waals surface area contributed by atoms with Crippen molar-refractivity contribution in [2.75, 3.05) is 0 Å². The second kappa shape index (κ2) is 5.19. The van der Waals surface area contributed by atoms with Gasteiger partial charge >= 0.3 is 0 Å². The molecule has 0 heterocycles. The Kier molecular flexibility index (Phi) is 3.64. The highest BCUT2D eigenvalue weighted by molar-refractivity contribution is 9.10. The first-order valence-electron chi connectivity index (χ1n) is 5.01. The normalized spacial score (nSPS) is 10.2. The van der Waals surface area contributed by atoms with Crippen LogP contribution in [0.1, 0.15) is 5.56 Å². The van der Waals surface area contributed by atoms with Gasteiger partial charge in [-0.05, 0) is 51.8 Å². The smallest absolute Gasteiger partial charge is 0.134 e. The highest BCUT2D eigenvalue weighted by Gasteiger charge is 2.03. The largest absolute Gasteiger partial charge is 0.508 e. The van der Waals surface area contributed by atoms with Crippen molar-refractivity contribution in [1.82, 2.24) is 0 Å². The van der Waals surface area contributed by atoms with Crippen LogP contribution in [0.4, 0.5) is 4.39 Å². The van der Waals surface area contributed by atoms with Crippen LogP contribution < -0.4 is 4.74 Å². The molecule has 0 radical (unpaired) electrons. The third kappa shape index (κ3) is 3.20. The second-order valence-corrected chi connectivity index (χ2v) is 4.38. The van der Waals surface area contributed by atoms with Crippen molar-refractivity contribution in [3.63, 3.8) is 0 Å². The maximum atomic E-state index is 12.8. The van der Waals surface area contributed by atoms with E-state index in [-0.39, 0.29) is 11.6 Å². The third-order valence-electron chi connectivity index (χ3n) is 2.22. The molecule has 2 nitrogen and oxygen atoms in total. The molecule has 0 amide bonds. The number of hydrogen-bond acceptors (Lipinski definition) is 2. The van der Waals surface area contributed by atoms with E-state index in [4.69, 9.17) is 9.84 Å². The summed E-state index contributed by atoms with van der Waals surface area (Å²) < 4.78 is 18.9. The topological polar surface area (TPSA) is 29.5 Å². The highest BCUT2D eigenvalue weighted by atomic mass is 79.9. The quantitative estimate of drug-likeness (QED) is 0.931. The number of phenols is 1. The van der Waals surface area contributed by atoms with E-state index in [1.54, 1.807) is 30.3 Å². The van der Waals surface area contributed by atoms with Crippen LogP contribution in [-0.2, 0) is 6.61 Å². The zero-order chi connectivity index (χ0) is 12.3. The van der Waals surface area contributed by atoms with Crippen LogP contribution in [-0.4, -0.2) is 5.11 Å². The molecule has 2 aromatic rings. The van der Waals surface area contributed by atoms with Crippen molar-refractivity contribution >= 4 is 15.9 Å². The summed E-state index contributed by atoms with van der Waals surface area (Å²) in [4.78, 5) is 0. The van der Waals surface area contributed by atoms with Gasteiger partial charge in [-0.1, -0.05) is 12.1 Å². The maximum Gasteiger partial charge on any atom is 0.134 e. The number of rotatable bonds is 3. The van der Waals surface area contributed by atoms with Gasteiger partial charge in [0.05, 0.1) is 4.47 Å². The molecule has 0 aliphatic carbocycles. The number of benzene rings is 2. The third-order valence-corrected chi connectivity index (χ3v) is 2.84. The summed E-state index contributed by atoms with van der Waals surface area (Å²) in [6.07, 6.45) is 0. The minimum atomic E-state index is -0.311. The predicted octanol–water partition coefficient (Wildman–Crippen LogP) is 3.87. The van der Waals surface area contributed by atoms with Crippen molar-refractivity contribution in [3.8, 4) is 11.5 Å². The van der Waals surface area contributed by atoms with Crippen LogP contribution in [0.15, 0.2) is 46.9 Å². The van der Waals surface area contributed by atoms with E-state index in [0.29, 0.717) is 16.8 Å². The molecular weight excluding hydrogens is 287 g/mol. The van der Waals surface area contributed by atoms with Crippen LogP contribution in [0.3, 0.4) is 0 Å². The number of aromatic hydroxyl groups is 1.